The number of nitrogen functional groups attached to an aromatic ring is 1. The van der Waals surface area contributed by atoms with Crippen LogP contribution in [0.1, 0.15) is 17.3 Å². The zero-order valence-electron chi connectivity index (χ0n) is 10.9. The van der Waals surface area contributed by atoms with Crippen LogP contribution in [0, 0.1) is 0 Å². The number of carbonyl (C=O) groups excluding carboxylic acids is 1. The standard InChI is InChI=1S/C13H22N4O/c1-2-16-8-10-17(9-7-14)13(18)11-3-5-12(15)6-4-11/h3-6,16H,2,7-10,14-15H2,1H3. The lowest BCUT2D eigenvalue weighted by Crippen LogP contribution is -2.39. The number of hydrogen-bond donors (Lipinski definition) is 3. The molecular formula is C13H22N4O. The molecule has 5 nitrogen and oxygen atoms in total. The number of nitrogens with zero attached hydrogens (tertiary/aromatic N) is 1. The Labute approximate surface area is 108 Å². The van der Waals surface area contributed by atoms with Gasteiger partial charge in [-0.3, -0.25) is 4.79 Å². The molecule has 0 radical (unpaired) electrons. The van der Waals surface area contributed by atoms with Crippen molar-refractivity contribution in [2.24, 2.45) is 5.73 Å². The van der Waals surface area contributed by atoms with Crippen molar-refractivity contribution in [2.45, 2.75) is 6.92 Å². The Hall–Kier alpha value is -1.59. The second-order valence-corrected chi connectivity index (χ2v) is 4.06. The summed E-state index contributed by atoms with van der Waals surface area (Å²) in [5, 5.41) is 3.20. The monoisotopic (exact) mass is 250 g/mol. The van der Waals surface area contributed by atoms with Crippen molar-refractivity contribution < 1.29 is 4.79 Å². The van der Waals surface area contributed by atoms with Crippen LogP contribution in [-0.2, 0) is 0 Å². The van der Waals surface area contributed by atoms with Gasteiger partial charge in [0.25, 0.3) is 5.91 Å². The lowest BCUT2D eigenvalue weighted by atomic mass is 10.2. The maximum atomic E-state index is 12.2. The number of rotatable bonds is 7. The number of likely N-dealkylation sites (N-methyl/N-ethyl adjacent to an activating group) is 1. The summed E-state index contributed by atoms with van der Waals surface area (Å²) in [6.07, 6.45) is 0. The Morgan fingerprint density at radius 3 is 2.50 bits per heavy atom. The predicted octanol–water partition coefficient (Wildman–Crippen LogP) is 0.279. The molecule has 0 saturated carbocycles. The molecule has 5 N–H and O–H groups in total. The van der Waals surface area contributed by atoms with Gasteiger partial charge in [-0.2, -0.15) is 0 Å². The van der Waals surface area contributed by atoms with Crippen LogP contribution in [0.3, 0.4) is 0 Å². The van der Waals surface area contributed by atoms with Crippen LogP contribution in [-0.4, -0.2) is 43.5 Å². The summed E-state index contributed by atoms with van der Waals surface area (Å²) in [7, 11) is 0. The maximum Gasteiger partial charge on any atom is 0.253 e. The molecule has 1 rings (SSSR count). The molecule has 0 aliphatic carbocycles. The summed E-state index contributed by atoms with van der Waals surface area (Å²) in [5.41, 5.74) is 12.4. The van der Waals surface area contributed by atoms with E-state index in [2.05, 4.69) is 5.32 Å². The minimum atomic E-state index is -0.00152. The largest absolute Gasteiger partial charge is 0.399 e. The van der Waals surface area contributed by atoms with Crippen LogP contribution in [0.25, 0.3) is 0 Å². The summed E-state index contributed by atoms with van der Waals surface area (Å²) in [6, 6.07) is 6.96. The minimum absolute atomic E-state index is 0.00152. The van der Waals surface area contributed by atoms with Crippen molar-refractivity contribution in [1.82, 2.24) is 10.2 Å². The third kappa shape index (κ3) is 4.35. The van der Waals surface area contributed by atoms with E-state index in [1.165, 1.54) is 0 Å². The van der Waals surface area contributed by atoms with Crippen molar-refractivity contribution in [3.8, 4) is 0 Å². The average Bonchev–Trinajstić information content (AvgIpc) is 2.38. The highest BCUT2D eigenvalue weighted by Crippen LogP contribution is 2.08. The van der Waals surface area contributed by atoms with E-state index >= 15 is 0 Å². The van der Waals surface area contributed by atoms with Gasteiger partial charge in [-0.15, -0.1) is 0 Å². The maximum absolute atomic E-state index is 12.2. The zero-order chi connectivity index (χ0) is 13.4. The van der Waals surface area contributed by atoms with Crippen LogP contribution < -0.4 is 16.8 Å². The Morgan fingerprint density at radius 2 is 1.94 bits per heavy atom. The van der Waals surface area contributed by atoms with E-state index in [0.29, 0.717) is 30.9 Å². The molecule has 0 spiro atoms. The molecule has 18 heavy (non-hydrogen) atoms. The molecule has 5 heteroatoms. The highest BCUT2D eigenvalue weighted by molar-refractivity contribution is 5.94. The number of carbonyl (C=O) groups is 1. The van der Waals surface area contributed by atoms with Crippen LogP contribution in [0.5, 0.6) is 0 Å². The molecule has 1 amide bonds. The van der Waals surface area contributed by atoms with Gasteiger partial charge >= 0.3 is 0 Å². The van der Waals surface area contributed by atoms with Gasteiger partial charge in [0.1, 0.15) is 0 Å². The summed E-state index contributed by atoms with van der Waals surface area (Å²) in [5.74, 6) is -0.00152. The molecular weight excluding hydrogens is 228 g/mol. The summed E-state index contributed by atoms with van der Waals surface area (Å²) in [4.78, 5) is 14.0. The van der Waals surface area contributed by atoms with E-state index in [1.807, 2.05) is 6.92 Å². The first kappa shape index (κ1) is 14.5. The number of amides is 1. The number of nitrogens with two attached hydrogens (primary N) is 2. The number of nitrogens with one attached hydrogen (secondary N) is 1. The fourth-order valence-corrected chi connectivity index (χ4v) is 1.67. The number of benzene rings is 1. The summed E-state index contributed by atoms with van der Waals surface area (Å²) >= 11 is 0. The quantitative estimate of drug-likeness (QED) is 0.479. The van der Waals surface area contributed by atoms with Crippen molar-refractivity contribution >= 4 is 11.6 Å². The SMILES string of the molecule is CCNCCN(CCN)C(=O)c1ccc(N)cc1. The lowest BCUT2D eigenvalue weighted by molar-refractivity contribution is 0.0762. The second kappa shape index (κ2) is 7.68. The number of anilines is 1. The Morgan fingerprint density at radius 1 is 1.28 bits per heavy atom. The lowest BCUT2D eigenvalue weighted by Gasteiger charge is -2.22. The van der Waals surface area contributed by atoms with E-state index in [1.54, 1.807) is 29.2 Å². The topological polar surface area (TPSA) is 84.4 Å². The third-order valence-electron chi connectivity index (χ3n) is 2.65. The van der Waals surface area contributed by atoms with Gasteiger partial charge in [-0.25, -0.2) is 0 Å². The molecule has 0 aliphatic rings. The van der Waals surface area contributed by atoms with Gasteiger partial charge in [0.2, 0.25) is 0 Å². The average molecular weight is 250 g/mol. The van der Waals surface area contributed by atoms with Gasteiger partial charge in [-0.05, 0) is 30.8 Å². The van der Waals surface area contributed by atoms with E-state index in [9.17, 15) is 4.79 Å². The number of hydrogen-bond acceptors (Lipinski definition) is 4. The predicted molar refractivity (Wildman–Crippen MR) is 74.4 cm³/mol. The minimum Gasteiger partial charge on any atom is -0.399 e. The summed E-state index contributed by atoms with van der Waals surface area (Å²) in [6.45, 7) is 5.40. The van der Waals surface area contributed by atoms with E-state index in [-0.39, 0.29) is 5.91 Å². The molecule has 0 atom stereocenters. The van der Waals surface area contributed by atoms with Gasteiger partial charge in [0.15, 0.2) is 0 Å². The van der Waals surface area contributed by atoms with Crippen molar-refractivity contribution in [3.05, 3.63) is 29.8 Å². The van der Waals surface area contributed by atoms with E-state index in [4.69, 9.17) is 11.5 Å². The molecule has 100 valence electrons. The molecule has 0 fully saturated rings. The molecule has 0 aromatic heterocycles. The van der Waals surface area contributed by atoms with E-state index in [0.717, 1.165) is 13.1 Å². The first-order valence-corrected chi connectivity index (χ1v) is 6.24. The van der Waals surface area contributed by atoms with E-state index < -0.39 is 0 Å². The third-order valence-corrected chi connectivity index (χ3v) is 2.65. The van der Waals surface area contributed by atoms with Gasteiger partial charge in [-0.1, -0.05) is 6.92 Å². The highest BCUT2D eigenvalue weighted by atomic mass is 16.2. The molecule has 0 aliphatic heterocycles. The van der Waals surface area contributed by atoms with Crippen LogP contribution in [0.4, 0.5) is 5.69 Å². The first-order valence-electron chi connectivity index (χ1n) is 6.24. The normalized spacial score (nSPS) is 10.3. The molecule has 1 aromatic carbocycles. The van der Waals surface area contributed by atoms with Crippen molar-refractivity contribution in [1.29, 1.82) is 0 Å². The molecule has 1 aromatic rings. The second-order valence-electron chi connectivity index (χ2n) is 4.06. The van der Waals surface area contributed by atoms with Gasteiger partial charge < -0.3 is 21.7 Å². The molecule has 0 bridgehead atoms. The van der Waals surface area contributed by atoms with Crippen molar-refractivity contribution in [2.75, 3.05) is 38.5 Å². The molecule has 0 heterocycles. The van der Waals surface area contributed by atoms with Crippen LogP contribution in [0.2, 0.25) is 0 Å². The first-order chi connectivity index (χ1) is 8.69. The fourth-order valence-electron chi connectivity index (χ4n) is 1.67. The summed E-state index contributed by atoms with van der Waals surface area (Å²) < 4.78 is 0. The smallest absolute Gasteiger partial charge is 0.253 e. The Balaban J connectivity index is 2.66. The zero-order valence-corrected chi connectivity index (χ0v) is 10.9. The van der Waals surface area contributed by atoms with Crippen LogP contribution in [0.15, 0.2) is 24.3 Å². The molecule has 0 saturated heterocycles. The molecule has 0 unspecified atom stereocenters. The Bertz CT molecular complexity index is 364. The van der Waals surface area contributed by atoms with Gasteiger partial charge in [0, 0.05) is 37.4 Å². The van der Waals surface area contributed by atoms with Gasteiger partial charge in [0.05, 0.1) is 0 Å². The van der Waals surface area contributed by atoms with Crippen molar-refractivity contribution in [3.63, 3.8) is 0 Å². The fraction of sp³-hybridized carbons (Fsp3) is 0.462. The van der Waals surface area contributed by atoms with Crippen LogP contribution >= 0.6 is 0 Å². The Kier molecular flexibility index (Phi) is 6.18. The highest BCUT2D eigenvalue weighted by Gasteiger charge is 2.14.